The van der Waals surface area contributed by atoms with Gasteiger partial charge in [-0.15, -0.1) is 0 Å². The summed E-state index contributed by atoms with van der Waals surface area (Å²) in [7, 11) is 0. The minimum atomic E-state index is -0.520. The number of fused-ring (bicyclic) bond motifs is 1. The van der Waals surface area contributed by atoms with Crippen molar-refractivity contribution in [3.63, 3.8) is 0 Å². The second-order valence-electron chi connectivity index (χ2n) is 5.54. The van der Waals surface area contributed by atoms with Crippen molar-refractivity contribution >= 4 is 23.2 Å². The summed E-state index contributed by atoms with van der Waals surface area (Å²) in [5.41, 5.74) is 0.464. The number of nitriles is 1. The molecule has 6 nitrogen and oxygen atoms in total. The number of benzene rings is 2. The van der Waals surface area contributed by atoms with E-state index in [4.69, 9.17) is 21.1 Å². The topological polar surface area (TPSA) is 83.4 Å². The van der Waals surface area contributed by atoms with Crippen molar-refractivity contribution in [1.29, 1.82) is 5.26 Å². The predicted octanol–water partition coefficient (Wildman–Crippen LogP) is 3.12. The first-order chi connectivity index (χ1) is 12.7. The number of carbonyl (C=O) groups is 1. The summed E-state index contributed by atoms with van der Waals surface area (Å²) in [6, 6.07) is 16.0. The molecule has 1 aliphatic rings. The number of halogens is 1. The molecule has 0 aromatic heterocycles. The van der Waals surface area contributed by atoms with E-state index < -0.39 is 5.91 Å². The van der Waals surface area contributed by atoms with Crippen molar-refractivity contribution in [3.05, 3.63) is 65.3 Å². The lowest BCUT2D eigenvalue weighted by atomic mass is 10.2. The molecule has 0 saturated heterocycles. The van der Waals surface area contributed by atoms with Gasteiger partial charge in [0.05, 0.1) is 6.54 Å². The number of amides is 1. The molecule has 1 heterocycles. The minimum absolute atomic E-state index is 0.0536. The second kappa shape index (κ2) is 8.28. The number of anilines is 1. The van der Waals surface area contributed by atoms with Crippen molar-refractivity contribution in [1.82, 2.24) is 5.32 Å². The van der Waals surface area contributed by atoms with Crippen LogP contribution in [0.3, 0.4) is 0 Å². The molecule has 0 aliphatic carbocycles. The number of ether oxygens (including phenoxy) is 2. The van der Waals surface area contributed by atoms with Crippen molar-refractivity contribution in [3.8, 4) is 17.6 Å². The largest absolute Gasteiger partial charge is 0.486 e. The monoisotopic (exact) mass is 369 g/mol. The van der Waals surface area contributed by atoms with Crippen molar-refractivity contribution in [2.45, 2.75) is 6.10 Å². The summed E-state index contributed by atoms with van der Waals surface area (Å²) in [5.74, 6) is 0.861. The van der Waals surface area contributed by atoms with E-state index in [9.17, 15) is 10.1 Å². The molecule has 132 valence electrons. The van der Waals surface area contributed by atoms with Crippen LogP contribution in [-0.2, 0) is 4.79 Å². The Hall–Kier alpha value is -3.17. The van der Waals surface area contributed by atoms with E-state index in [1.165, 1.54) is 6.20 Å². The summed E-state index contributed by atoms with van der Waals surface area (Å²) in [6.07, 6.45) is 1.14. The van der Waals surface area contributed by atoms with Gasteiger partial charge in [-0.3, -0.25) is 4.79 Å². The van der Waals surface area contributed by atoms with Gasteiger partial charge in [0.2, 0.25) is 0 Å². The molecule has 1 atom stereocenters. The lowest BCUT2D eigenvalue weighted by molar-refractivity contribution is -0.112. The Morgan fingerprint density at radius 1 is 1.27 bits per heavy atom. The van der Waals surface area contributed by atoms with Crippen molar-refractivity contribution in [2.24, 2.45) is 0 Å². The molecule has 0 spiro atoms. The van der Waals surface area contributed by atoms with Crippen LogP contribution in [0.5, 0.6) is 11.5 Å². The molecule has 1 unspecified atom stereocenters. The van der Waals surface area contributed by atoms with Crippen molar-refractivity contribution < 1.29 is 14.3 Å². The average molecular weight is 370 g/mol. The Bertz CT molecular complexity index is 876. The Morgan fingerprint density at radius 2 is 2.08 bits per heavy atom. The van der Waals surface area contributed by atoms with Crippen LogP contribution in [0.15, 0.2) is 60.3 Å². The van der Waals surface area contributed by atoms with Crippen LogP contribution in [0.2, 0.25) is 5.02 Å². The van der Waals surface area contributed by atoms with Gasteiger partial charge >= 0.3 is 0 Å². The zero-order valence-corrected chi connectivity index (χ0v) is 14.5. The van der Waals surface area contributed by atoms with Crippen LogP contribution in [0.1, 0.15) is 0 Å². The Kier molecular flexibility index (Phi) is 5.62. The Labute approximate surface area is 156 Å². The number of rotatable bonds is 5. The van der Waals surface area contributed by atoms with Gasteiger partial charge in [0.15, 0.2) is 11.5 Å². The molecule has 2 N–H and O–H groups in total. The molecule has 2 aromatic carbocycles. The summed E-state index contributed by atoms with van der Waals surface area (Å²) >= 11 is 5.88. The number of carbonyl (C=O) groups excluding carboxylic acids is 1. The highest BCUT2D eigenvalue weighted by molar-refractivity contribution is 6.31. The maximum Gasteiger partial charge on any atom is 0.267 e. The van der Waals surface area contributed by atoms with Gasteiger partial charge in [0, 0.05) is 16.9 Å². The third kappa shape index (κ3) is 4.47. The van der Waals surface area contributed by atoms with E-state index in [1.807, 2.05) is 30.3 Å². The number of hydrogen-bond acceptors (Lipinski definition) is 5. The molecule has 0 radical (unpaired) electrons. The van der Waals surface area contributed by atoms with Crippen LogP contribution in [0.25, 0.3) is 0 Å². The van der Waals surface area contributed by atoms with Gasteiger partial charge in [-0.05, 0) is 30.3 Å². The minimum Gasteiger partial charge on any atom is -0.486 e. The highest BCUT2D eigenvalue weighted by Gasteiger charge is 2.20. The fraction of sp³-hybridized carbons (Fsp3) is 0.158. The van der Waals surface area contributed by atoms with Gasteiger partial charge in [0.25, 0.3) is 5.91 Å². The summed E-state index contributed by atoms with van der Waals surface area (Å²) in [6.45, 7) is 0.776. The lowest BCUT2D eigenvalue weighted by Gasteiger charge is -2.26. The van der Waals surface area contributed by atoms with Gasteiger partial charge in [-0.1, -0.05) is 29.8 Å². The molecule has 1 amide bonds. The van der Waals surface area contributed by atoms with Crippen LogP contribution in [0.4, 0.5) is 5.69 Å². The first kappa shape index (κ1) is 17.6. The fourth-order valence-electron chi connectivity index (χ4n) is 2.37. The van der Waals surface area contributed by atoms with Crippen LogP contribution in [-0.4, -0.2) is 25.2 Å². The van der Waals surface area contributed by atoms with Crippen LogP contribution in [0, 0.1) is 11.3 Å². The molecule has 0 fully saturated rings. The molecule has 0 bridgehead atoms. The zero-order valence-electron chi connectivity index (χ0n) is 13.7. The quantitative estimate of drug-likeness (QED) is 0.625. The Morgan fingerprint density at radius 3 is 2.85 bits per heavy atom. The highest BCUT2D eigenvalue weighted by Crippen LogP contribution is 2.30. The maximum absolute atomic E-state index is 12.2. The number of hydrogen-bond donors (Lipinski definition) is 2. The van der Waals surface area contributed by atoms with Gasteiger partial charge in [0.1, 0.15) is 24.4 Å². The summed E-state index contributed by atoms with van der Waals surface area (Å²) in [4.78, 5) is 12.2. The summed E-state index contributed by atoms with van der Waals surface area (Å²) in [5, 5.41) is 15.3. The van der Waals surface area contributed by atoms with Crippen LogP contribution >= 0.6 is 11.6 Å². The van der Waals surface area contributed by atoms with E-state index >= 15 is 0 Å². The predicted molar refractivity (Wildman–Crippen MR) is 98.1 cm³/mol. The standard InChI is InChI=1S/C19H16ClN3O3/c20-14-4-3-5-15(8-14)23-19(24)13(9-21)10-22-11-16-12-25-17-6-1-2-7-18(17)26-16/h1-8,10,16,22H,11-12H2,(H,23,24)/b13-10-. The van der Waals surface area contributed by atoms with E-state index in [2.05, 4.69) is 10.6 Å². The first-order valence-electron chi connectivity index (χ1n) is 7.95. The van der Waals surface area contributed by atoms with E-state index in [-0.39, 0.29) is 11.7 Å². The van der Waals surface area contributed by atoms with Gasteiger partial charge in [-0.2, -0.15) is 5.26 Å². The highest BCUT2D eigenvalue weighted by atomic mass is 35.5. The smallest absolute Gasteiger partial charge is 0.267 e. The maximum atomic E-state index is 12.2. The van der Waals surface area contributed by atoms with Gasteiger partial charge < -0.3 is 20.1 Å². The summed E-state index contributed by atoms with van der Waals surface area (Å²) < 4.78 is 11.4. The molecule has 26 heavy (non-hydrogen) atoms. The van der Waals surface area contributed by atoms with E-state index in [1.54, 1.807) is 24.3 Å². The number of nitrogens with zero attached hydrogens (tertiary/aromatic N) is 1. The molecule has 3 rings (SSSR count). The molecular formula is C19H16ClN3O3. The normalized spacial score (nSPS) is 15.7. The van der Waals surface area contributed by atoms with Gasteiger partial charge in [-0.25, -0.2) is 0 Å². The second-order valence-corrected chi connectivity index (χ2v) is 5.98. The molecule has 1 aliphatic heterocycles. The van der Waals surface area contributed by atoms with Crippen LogP contribution < -0.4 is 20.1 Å². The molecule has 7 heteroatoms. The lowest BCUT2D eigenvalue weighted by Crippen LogP contribution is -2.37. The van der Waals surface area contributed by atoms with E-state index in [0.717, 1.165) is 0 Å². The zero-order chi connectivity index (χ0) is 18.4. The molecular weight excluding hydrogens is 354 g/mol. The third-order valence-corrected chi connectivity index (χ3v) is 3.84. The SMILES string of the molecule is N#C/C(=C/NCC1COc2ccccc2O1)C(=O)Nc1cccc(Cl)c1. The third-order valence-electron chi connectivity index (χ3n) is 3.61. The molecule has 0 saturated carbocycles. The molecule has 2 aromatic rings. The fourth-order valence-corrected chi connectivity index (χ4v) is 2.56. The van der Waals surface area contributed by atoms with E-state index in [0.29, 0.717) is 35.4 Å². The number of nitrogens with one attached hydrogen (secondary N) is 2. The average Bonchev–Trinajstić information content (AvgIpc) is 2.65. The first-order valence-corrected chi connectivity index (χ1v) is 8.32. The van der Waals surface area contributed by atoms with Crippen molar-refractivity contribution in [2.75, 3.05) is 18.5 Å². The number of para-hydroxylation sites is 2. The Balaban J connectivity index is 1.55.